The van der Waals surface area contributed by atoms with Crippen molar-refractivity contribution < 1.29 is 4.74 Å². The molecule has 6 heteroatoms. The van der Waals surface area contributed by atoms with Crippen molar-refractivity contribution in [3.8, 4) is 5.88 Å². The lowest BCUT2D eigenvalue weighted by Crippen LogP contribution is -2.33. The lowest BCUT2D eigenvalue weighted by molar-refractivity contribution is 0.395. The summed E-state index contributed by atoms with van der Waals surface area (Å²) in [7, 11) is 3.51. The number of nitrogens with one attached hydrogen (secondary N) is 3. The normalized spacial score (nSPS) is 18.6. The Kier molecular flexibility index (Phi) is 3.88. The van der Waals surface area contributed by atoms with E-state index < -0.39 is 0 Å². The first-order valence-electron chi connectivity index (χ1n) is 7.35. The molecule has 0 unspecified atom stereocenters. The van der Waals surface area contributed by atoms with E-state index in [-0.39, 0.29) is 0 Å². The zero-order valence-electron chi connectivity index (χ0n) is 12.5. The Morgan fingerprint density at radius 1 is 1.43 bits per heavy atom. The number of aromatic nitrogens is 2. The topological polar surface area (TPSA) is 82.9 Å². The predicted molar refractivity (Wildman–Crippen MR) is 81.0 cm³/mol. The largest absolute Gasteiger partial charge is 0.480 e. The van der Waals surface area contributed by atoms with Gasteiger partial charge in [0.05, 0.1) is 24.1 Å². The van der Waals surface area contributed by atoms with Gasteiger partial charge in [0.25, 0.3) is 0 Å². The van der Waals surface area contributed by atoms with E-state index in [1.54, 1.807) is 7.11 Å². The van der Waals surface area contributed by atoms with Crippen molar-refractivity contribution in [2.45, 2.75) is 25.2 Å². The summed E-state index contributed by atoms with van der Waals surface area (Å²) in [4.78, 5) is 8.62. The molecular formula is C15H21N5O. The second-order valence-corrected chi connectivity index (χ2v) is 5.43. The molecule has 0 spiro atoms. The molecule has 1 aliphatic carbocycles. The lowest BCUT2D eigenvalue weighted by atomic mass is 9.95. The summed E-state index contributed by atoms with van der Waals surface area (Å²) in [5.74, 6) is 0.956. The highest BCUT2D eigenvalue weighted by Crippen LogP contribution is 2.42. The van der Waals surface area contributed by atoms with Crippen LogP contribution in [-0.4, -0.2) is 42.9 Å². The highest BCUT2D eigenvalue weighted by molar-refractivity contribution is 6.13. The molecule has 0 amide bonds. The van der Waals surface area contributed by atoms with E-state index in [1.807, 2.05) is 7.05 Å². The van der Waals surface area contributed by atoms with Gasteiger partial charge >= 0.3 is 0 Å². The Hall–Kier alpha value is -1.95. The van der Waals surface area contributed by atoms with Crippen LogP contribution in [0.5, 0.6) is 5.88 Å². The van der Waals surface area contributed by atoms with Crippen LogP contribution in [0.1, 0.15) is 36.4 Å². The van der Waals surface area contributed by atoms with Gasteiger partial charge in [-0.2, -0.15) is 0 Å². The van der Waals surface area contributed by atoms with Crippen LogP contribution in [0, 0.1) is 5.41 Å². The van der Waals surface area contributed by atoms with Gasteiger partial charge in [-0.05, 0) is 12.8 Å². The van der Waals surface area contributed by atoms with Gasteiger partial charge in [0.15, 0.2) is 0 Å². The van der Waals surface area contributed by atoms with Crippen LogP contribution >= 0.6 is 0 Å². The zero-order chi connectivity index (χ0) is 14.8. The van der Waals surface area contributed by atoms with E-state index in [2.05, 4.69) is 20.6 Å². The highest BCUT2D eigenvalue weighted by Gasteiger charge is 2.32. The maximum Gasteiger partial charge on any atom is 0.226 e. The van der Waals surface area contributed by atoms with Gasteiger partial charge < -0.3 is 15.4 Å². The molecule has 6 nitrogen and oxygen atoms in total. The molecule has 1 fully saturated rings. The first-order chi connectivity index (χ1) is 10.3. The monoisotopic (exact) mass is 287 g/mol. The third-order valence-corrected chi connectivity index (χ3v) is 4.07. The first-order valence-corrected chi connectivity index (χ1v) is 7.35. The molecule has 112 valence electrons. The van der Waals surface area contributed by atoms with Gasteiger partial charge in [-0.15, -0.1) is 0 Å². The van der Waals surface area contributed by atoms with Crippen molar-refractivity contribution in [1.82, 2.24) is 20.6 Å². The van der Waals surface area contributed by atoms with E-state index in [9.17, 15) is 0 Å². The molecule has 0 saturated heterocycles. The zero-order valence-corrected chi connectivity index (χ0v) is 12.5. The fourth-order valence-corrected chi connectivity index (χ4v) is 2.79. The molecule has 0 bridgehead atoms. The molecule has 2 aliphatic rings. The average Bonchev–Trinajstić information content (AvgIpc) is 3.38. The standard InChI is InChI=1S/C15H21N5O/c1-17-11-5-6-18-7-10(11)13(16)12-14(9-3-4-9)19-8-20-15(12)21-2/h8-9,16-18H,3-7H2,1-2H3. The Morgan fingerprint density at radius 2 is 2.24 bits per heavy atom. The SMILES string of the molecule is CNC1=C(C(=N)c2c(OC)ncnc2C2CC2)CNCC1. The average molecular weight is 287 g/mol. The predicted octanol–water partition coefficient (Wildman–Crippen LogP) is 1.20. The van der Waals surface area contributed by atoms with E-state index >= 15 is 0 Å². The highest BCUT2D eigenvalue weighted by atomic mass is 16.5. The van der Waals surface area contributed by atoms with Crippen LogP contribution in [0.2, 0.25) is 0 Å². The van der Waals surface area contributed by atoms with Gasteiger partial charge in [-0.3, -0.25) is 5.41 Å². The molecular weight excluding hydrogens is 266 g/mol. The smallest absolute Gasteiger partial charge is 0.226 e. The van der Waals surface area contributed by atoms with Crippen LogP contribution < -0.4 is 15.4 Å². The molecule has 2 heterocycles. The fourth-order valence-electron chi connectivity index (χ4n) is 2.79. The van der Waals surface area contributed by atoms with Crippen molar-refractivity contribution in [2.75, 3.05) is 27.2 Å². The number of ether oxygens (including phenoxy) is 1. The summed E-state index contributed by atoms with van der Waals surface area (Å²) in [5, 5.41) is 15.2. The molecule has 0 atom stereocenters. The molecule has 1 aromatic rings. The molecule has 0 radical (unpaired) electrons. The lowest BCUT2D eigenvalue weighted by Gasteiger charge is -2.23. The molecule has 1 aliphatic heterocycles. The number of hydrogen-bond donors (Lipinski definition) is 3. The molecule has 3 rings (SSSR count). The third kappa shape index (κ3) is 2.63. The summed E-state index contributed by atoms with van der Waals surface area (Å²) in [6.45, 7) is 1.63. The summed E-state index contributed by atoms with van der Waals surface area (Å²) in [5.41, 5.74) is 4.30. The quantitative estimate of drug-likeness (QED) is 0.709. The third-order valence-electron chi connectivity index (χ3n) is 4.07. The Labute approximate surface area is 124 Å². The fraction of sp³-hybridized carbons (Fsp3) is 0.533. The molecule has 1 saturated carbocycles. The number of rotatable bonds is 5. The van der Waals surface area contributed by atoms with Crippen LogP contribution in [0.4, 0.5) is 0 Å². The summed E-state index contributed by atoms with van der Waals surface area (Å²) in [6.07, 6.45) is 4.71. The Morgan fingerprint density at radius 3 is 2.90 bits per heavy atom. The molecule has 3 N–H and O–H groups in total. The minimum absolute atomic E-state index is 0.451. The van der Waals surface area contributed by atoms with Crippen molar-refractivity contribution in [1.29, 1.82) is 5.41 Å². The van der Waals surface area contributed by atoms with Gasteiger partial charge in [0.1, 0.15) is 6.33 Å². The van der Waals surface area contributed by atoms with Crippen LogP contribution in [0.3, 0.4) is 0 Å². The van der Waals surface area contributed by atoms with E-state index in [0.29, 0.717) is 24.1 Å². The minimum atomic E-state index is 0.451. The molecule has 0 aromatic carbocycles. The van der Waals surface area contributed by atoms with Gasteiger partial charge in [0.2, 0.25) is 5.88 Å². The van der Waals surface area contributed by atoms with Gasteiger partial charge in [-0.25, -0.2) is 9.97 Å². The van der Waals surface area contributed by atoms with E-state index in [4.69, 9.17) is 10.1 Å². The van der Waals surface area contributed by atoms with Crippen molar-refractivity contribution >= 4 is 5.71 Å². The van der Waals surface area contributed by atoms with Crippen LogP contribution in [0.15, 0.2) is 17.6 Å². The Balaban J connectivity index is 2.06. The summed E-state index contributed by atoms with van der Waals surface area (Å²) >= 11 is 0. The second kappa shape index (κ2) is 5.81. The van der Waals surface area contributed by atoms with Crippen molar-refractivity contribution in [3.63, 3.8) is 0 Å². The second-order valence-electron chi connectivity index (χ2n) is 5.43. The van der Waals surface area contributed by atoms with E-state index in [0.717, 1.165) is 48.3 Å². The number of hydrogen-bond acceptors (Lipinski definition) is 6. The molecule has 1 aromatic heterocycles. The molecule has 21 heavy (non-hydrogen) atoms. The maximum atomic E-state index is 8.67. The van der Waals surface area contributed by atoms with Crippen LogP contribution in [0.25, 0.3) is 0 Å². The number of nitrogens with zero attached hydrogens (tertiary/aromatic N) is 2. The van der Waals surface area contributed by atoms with Crippen LogP contribution in [-0.2, 0) is 0 Å². The van der Waals surface area contributed by atoms with Gasteiger partial charge in [0, 0.05) is 43.7 Å². The van der Waals surface area contributed by atoms with Gasteiger partial charge in [-0.1, -0.05) is 0 Å². The minimum Gasteiger partial charge on any atom is -0.480 e. The maximum absolute atomic E-state index is 8.67. The van der Waals surface area contributed by atoms with Crippen molar-refractivity contribution in [3.05, 3.63) is 28.9 Å². The summed E-state index contributed by atoms with van der Waals surface area (Å²) < 4.78 is 5.39. The van der Waals surface area contributed by atoms with E-state index in [1.165, 1.54) is 6.33 Å². The first kappa shape index (κ1) is 14.0. The number of methoxy groups -OCH3 is 1. The van der Waals surface area contributed by atoms with Crippen molar-refractivity contribution in [2.24, 2.45) is 0 Å². The summed E-state index contributed by atoms with van der Waals surface area (Å²) in [6, 6.07) is 0. The Bertz CT molecular complexity index is 592.